The van der Waals surface area contributed by atoms with Gasteiger partial charge in [-0.25, -0.2) is 0 Å². The second kappa shape index (κ2) is 7.91. The monoisotopic (exact) mass is 398 g/mol. The van der Waals surface area contributed by atoms with E-state index < -0.39 is 0 Å². The van der Waals surface area contributed by atoms with Gasteiger partial charge in [-0.05, 0) is 70.9 Å². The Labute approximate surface area is 181 Å². The number of benzene rings is 2. The molecule has 0 fully saturated rings. The average Bonchev–Trinajstić information content (AvgIpc) is 3.23. The van der Waals surface area contributed by atoms with Crippen LogP contribution in [0.2, 0.25) is 0 Å². The predicted octanol–water partition coefficient (Wildman–Crippen LogP) is 6.95. The second-order valence-corrected chi connectivity index (χ2v) is 10.1. The Morgan fingerprint density at radius 3 is 2.23 bits per heavy atom. The third-order valence-electron chi connectivity index (χ3n) is 6.81. The number of fused-ring (bicyclic) bond motifs is 1. The Bertz CT molecular complexity index is 1030. The largest absolute Gasteiger partial charge is 0.272 e. The molecule has 0 atom stereocenters. The first kappa shape index (κ1) is 20.7. The molecule has 0 spiro atoms. The molecule has 0 aliphatic heterocycles. The fourth-order valence-electron chi connectivity index (χ4n) is 4.58. The van der Waals surface area contributed by atoms with Gasteiger partial charge < -0.3 is 0 Å². The lowest BCUT2D eigenvalue weighted by Crippen LogP contribution is -2.34. The second-order valence-electron chi connectivity index (χ2n) is 10.1. The molecule has 3 aromatic rings. The van der Waals surface area contributed by atoms with Crippen molar-refractivity contribution < 1.29 is 0 Å². The number of nitrogens with zero attached hydrogens (tertiary/aromatic N) is 2. The van der Waals surface area contributed by atoms with Gasteiger partial charge in [0.1, 0.15) is 0 Å². The summed E-state index contributed by atoms with van der Waals surface area (Å²) in [4.78, 5) is 0. The third kappa shape index (κ3) is 4.28. The highest BCUT2D eigenvalue weighted by molar-refractivity contribution is 5.72. The van der Waals surface area contributed by atoms with Crippen molar-refractivity contribution in [2.24, 2.45) is 0 Å². The lowest BCUT2D eigenvalue weighted by Gasteiger charge is -2.42. The van der Waals surface area contributed by atoms with Crippen molar-refractivity contribution in [1.29, 1.82) is 0 Å². The van der Waals surface area contributed by atoms with Gasteiger partial charge in [0, 0.05) is 18.9 Å². The smallest absolute Gasteiger partial charge is 0.0489 e. The van der Waals surface area contributed by atoms with Gasteiger partial charge in [0.05, 0.1) is 0 Å². The van der Waals surface area contributed by atoms with Gasteiger partial charge in [0.2, 0.25) is 0 Å². The van der Waals surface area contributed by atoms with E-state index >= 15 is 0 Å². The lowest BCUT2D eigenvalue weighted by atomic mass is 9.62. The molecule has 1 heterocycles. The van der Waals surface area contributed by atoms with E-state index in [1.54, 1.807) is 0 Å². The maximum absolute atomic E-state index is 4.40. The van der Waals surface area contributed by atoms with Crippen LogP contribution in [0.1, 0.15) is 73.9 Å². The van der Waals surface area contributed by atoms with Crippen molar-refractivity contribution in [1.82, 2.24) is 9.78 Å². The summed E-state index contributed by atoms with van der Waals surface area (Å²) >= 11 is 0. The molecule has 0 amide bonds. The first-order chi connectivity index (χ1) is 14.2. The van der Waals surface area contributed by atoms with E-state index in [0.717, 1.165) is 13.0 Å². The van der Waals surface area contributed by atoms with E-state index in [1.807, 2.05) is 23.1 Å². The molecule has 0 saturated carbocycles. The van der Waals surface area contributed by atoms with Crippen molar-refractivity contribution >= 4 is 12.2 Å². The molecule has 2 aromatic carbocycles. The van der Waals surface area contributed by atoms with Crippen LogP contribution in [0.5, 0.6) is 0 Å². The van der Waals surface area contributed by atoms with Gasteiger partial charge in [-0.2, -0.15) is 5.10 Å². The molecule has 0 N–H and O–H groups in total. The standard InChI is InChI=1S/C28H34N2/c1-21-7-9-22(10-8-21)11-12-23-19-25-26(28(4,5)15-14-27(25,2)3)20-24(23)13-18-30-17-6-16-29-30/h6-12,16-17,19-20H,13-15,18H2,1-5H3/b12-11+. The molecule has 0 saturated heterocycles. The lowest BCUT2D eigenvalue weighted by molar-refractivity contribution is 0.331. The number of aryl methyl sites for hydroxylation is 3. The summed E-state index contributed by atoms with van der Waals surface area (Å²) in [6.45, 7) is 12.6. The zero-order chi connectivity index (χ0) is 21.4. The molecule has 1 aliphatic carbocycles. The molecule has 156 valence electrons. The van der Waals surface area contributed by atoms with Crippen LogP contribution in [0.3, 0.4) is 0 Å². The number of aromatic nitrogens is 2. The minimum atomic E-state index is 0.220. The van der Waals surface area contributed by atoms with Crippen LogP contribution in [0, 0.1) is 6.92 Å². The van der Waals surface area contributed by atoms with Crippen molar-refractivity contribution in [2.45, 2.75) is 71.3 Å². The summed E-state index contributed by atoms with van der Waals surface area (Å²) in [5.74, 6) is 0. The van der Waals surface area contributed by atoms with E-state index in [4.69, 9.17) is 0 Å². The Kier molecular flexibility index (Phi) is 5.44. The normalized spacial score (nSPS) is 17.2. The fraction of sp³-hybridized carbons (Fsp3) is 0.393. The SMILES string of the molecule is Cc1ccc(/C=C/c2cc3c(cc2CCn2cccn2)C(C)(C)CCC3(C)C)cc1. The first-order valence-corrected chi connectivity index (χ1v) is 11.1. The summed E-state index contributed by atoms with van der Waals surface area (Å²) in [6.07, 6.45) is 11.9. The van der Waals surface area contributed by atoms with Gasteiger partial charge in [0.15, 0.2) is 0 Å². The fourth-order valence-corrected chi connectivity index (χ4v) is 4.58. The molecule has 0 radical (unpaired) electrons. The molecule has 2 heteroatoms. The topological polar surface area (TPSA) is 17.8 Å². The minimum absolute atomic E-state index is 0.220. The van der Waals surface area contributed by atoms with Crippen molar-refractivity contribution in [3.8, 4) is 0 Å². The average molecular weight is 399 g/mol. The molecule has 2 nitrogen and oxygen atoms in total. The van der Waals surface area contributed by atoms with Crippen LogP contribution in [0.15, 0.2) is 54.9 Å². The molecule has 1 aliphatic rings. The third-order valence-corrected chi connectivity index (χ3v) is 6.81. The van der Waals surface area contributed by atoms with Gasteiger partial charge >= 0.3 is 0 Å². The molecular formula is C28H34N2. The Morgan fingerprint density at radius 2 is 1.60 bits per heavy atom. The minimum Gasteiger partial charge on any atom is -0.272 e. The van der Waals surface area contributed by atoms with E-state index in [9.17, 15) is 0 Å². The molecule has 30 heavy (non-hydrogen) atoms. The van der Waals surface area contributed by atoms with Crippen LogP contribution >= 0.6 is 0 Å². The maximum atomic E-state index is 4.40. The highest BCUT2D eigenvalue weighted by Gasteiger charge is 2.37. The Hall–Kier alpha value is -2.61. The van der Waals surface area contributed by atoms with E-state index in [2.05, 4.69) is 88.3 Å². The van der Waals surface area contributed by atoms with Gasteiger partial charge in [0.25, 0.3) is 0 Å². The molecule has 1 aromatic heterocycles. The Morgan fingerprint density at radius 1 is 0.933 bits per heavy atom. The summed E-state index contributed by atoms with van der Waals surface area (Å²) in [5.41, 5.74) is 8.79. The van der Waals surface area contributed by atoms with Crippen molar-refractivity contribution in [3.63, 3.8) is 0 Å². The van der Waals surface area contributed by atoms with Crippen LogP contribution < -0.4 is 0 Å². The van der Waals surface area contributed by atoms with E-state index in [1.165, 1.54) is 46.2 Å². The highest BCUT2D eigenvalue weighted by Crippen LogP contribution is 2.46. The maximum Gasteiger partial charge on any atom is 0.0489 e. The van der Waals surface area contributed by atoms with E-state index in [-0.39, 0.29) is 10.8 Å². The summed E-state index contributed by atoms with van der Waals surface area (Å²) in [7, 11) is 0. The van der Waals surface area contributed by atoms with Gasteiger partial charge in [-0.15, -0.1) is 0 Å². The molecule has 4 rings (SSSR count). The molecule has 0 bridgehead atoms. The number of hydrogen-bond donors (Lipinski definition) is 0. The molecule has 0 unspecified atom stereocenters. The molecular weight excluding hydrogens is 364 g/mol. The number of rotatable bonds is 5. The van der Waals surface area contributed by atoms with E-state index in [0.29, 0.717) is 0 Å². The summed E-state index contributed by atoms with van der Waals surface area (Å²) in [5, 5.41) is 4.40. The first-order valence-electron chi connectivity index (χ1n) is 11.1. The predicted molar refractivity (Wildman–Crippen MR) is 128 cm³/mol. The van der Waals surface area contributed by atoms with Crippen LogP contribution in [-0.4, -0.2) is 9.78 Å². The van der Waals surface area contributed by atoms with Crippen molar-refractivity contribution in [3.05, 3.63) is 88.2 Å². The summed E-state index contributed by atoms with van der Waals surface area (Å²) in [6, 6.07) is 15.7. The van der Waals surface area contributed by atoms with Gasteiger partial charge in [-0.3, -0.25) is 4.68 Å². The van der Waals surface area contributed by atoms with Crippen LogP contribution in [0.25, 0.3) is 12.2 Å². The van der Waals surface area contributed by atoms with Crippen LogP contribution in [-0.2, 0) is 23.8 Å². The summed E-state index contributed by atoms with van der Waals surface area (Å²) < 4.78 is 2.03. The highest BCUT2D eigenvalue weighted by atomic mass is 15.3. The van der Waals surface area contributed by atoms with Crippen LogP contribution in [0.4, 0.5) is 0 Å². The Balaban J connectivity index is 1.76. The van der Waals surface area contributed by atoms with Gasteiger partial charge in [-0.1, -0.05) is 81.8 Å². The zero-order valence-electron chi connectivity index (χ0n) is 19.1. The zero-order valence-corrected chi connectivity index (χ0v) is 19.1. The van der Waals surface area contributed by atoms with Crippen molar-refractivity contribution in [2.75, 3.05) is 0 Å². The number of hydrogen-bond acceptors (Lipinski definition) is 1. The quantitative estimate of drug-likeness (QED) is 0.425.